The maximum Gasteiger partial charge on any atom is 3.00 e. The van der Waals surface area contributed by atoms with Gasteiger partial charge in [-0.05, 0) is 0 Å². The summed E-state index contributed by atoms with van der Waals surface area (Å²) < 4.78 is 76.9. The zero-order valence-electron chi connectivity index (χ0n) is 5.90. The molecule has 0 unspecified atom stereocenters. The van der Waals surface area contributed by atoms with Crippen LogP contribution in [0.3, 0.4) is 0 Å². The monoisotopic (exact) mass is 664 g/mol. The van der Waals surface area contributed by atoms with Gasteiger partial charge in [0.05, 0.1) is 0 Å². The Labute approximate surface area is 160 Å². The van der Waals surface area contributed by atoms with Crippen LogP contribution in [0.1, 0.15) is 0 Å². The van der Waals surface area contributed by atoms with Gasteiger partial charge in [-0.3, -0.25) is 0 Å². The Bertz CT molecular complexity index is 116. The SMILES string of the molecule is O=[Se]([O-])[O-].O=[Se]([O-])[O-].O=[Se]([O-])[O-].[Ce+3].[Ce+3]. The molecule has 14 heavy (non-hydrogen) atoms. The molecule has 14 heteroatoms. The summed E-state index contributed by atoms with van der Waals surface area (Å²) in [6.07, 6.45) is 0. The smallest absolute Gasteiger partial charge is 3.00 e. The first kappa shape index (κ1) is 30.5. The zero-order chi connectivity index (χ0) is 10.7. The van der Waals surface area contributed by atoms with E-state index in [2.05, 4.69) is 0 Å². The third-order valence-electron chi connectivity index (χ3n) is 0. The fourth-order valence-electron chi connectivity index (χ4n) is 0. The zero-order valence-corrected chi connectivity index (χ0v) is 17.3. The van der Waals surface area contributed by atoms with Gasteiger partial charge in [0, 0.05) is 0 Å². The molecule has 0 aliphatic rings. The molecule has 0 rings (SSSR count). The van der Waals surface area contributed by atoms with Crippen LogP contribution in [-0.4, -0.2) is 43.5 Å². The topological polar surface area (TPSA) is 190 Å². The number of hydrogen-bond acceptors (Lipinski definition) is 9. The van der Waals surface area contributed by atoms with E-state index in [4.69, 9.17) is 36.6 Å². The fraction of sp³-hybridized carbons (Fsp3) is 0. The molecule has 0 saturated carbocycles. The molecular formula is Ce2O9Se3. The molecular weight excluding hydrogens is 661 g/mol. The van der Waals surface area contributed by atoms with Crippen molar-refractivity contribution < 1.29 is 120 Å². The second-order valence-electron chi connectivity index (χ2n) is 0.612. The van der Waals surface area contributed by atoms with Crippen LogP contribution < -0.4 is 25.1 Å². The molecule has 0 spiro atoms. The normalized spacial score (nSPS) is 7.50. The summed E-state index contributed by atoms with van der Waals surface area (Å²) in [4.78, 5) is 0. The second-order valence-corrected chi connectivity index (χ2v) is 3.18. The minimum absolute atomic E-state index is 0. The molecule has 0 aromatic heterocycles. The summed E-state index contributed by atoms with van der Waals surface area (Å²) in [6, 6.07) is 0. The van der Waals surface area contributed by atoms with E-state index >= 15 is 0 Å². The minimum atomic E-state index is -3.79. The van der Waals surface area contributed by atoms with Crippen molar-refractivity contribution in [3.05, 3.63) is 0 Å². The molecule has 2 radical (unpaired) electrons. The van der Waals surface area contributed by atoms with E-state index in [0.717, 1.165) is 0 Å². The van der Waals surface area contributed by atoms with Crippen LogP contribution in [0.5, 0.6) is 0 Å². The molecule has 0 aromatic carbocycles. The number of hydrogen-bond donors (Lipinski definition) is 0. The molecule has 0 atom stereocenters. The molecule has 0 fully saturated rings. The first-order valence-corrected chi connectivity index (χ1v) is 7.79. The molecule has 0 amide bonds. The summed E-state index contributed by atoms with van der Waals surface area (Å²) in [7, 11) is 0. The molecule has 0 N–H and O–H groups in total. The summed E-state index contributed by atoms with van der Waals surface area (Å²) >= 11 is -11.4. The van der Waals surface area contributed by atoms with E-state index in [0.29, 0.717) is 0 Å². The fourth-order valence-corrected chi connectivity index (χ4v) is 0. The average Bonchev–Trinajstić information content (AvgIpc) is 1.54. The van der Waals surface area contributed by atoms with Gasteiger partial charge < -0.3 is 0 Å². The maximum atomic E-state index is 8.54. The van der Waals surface area contributed by atoms with Gasteiger partial charge in [-0.25, -0.2) is 0 Å². The molecule has 0 heterocycles. The largest absolute Gasteiger partial charge is 3.00 e. The van der Waals surface area contributed by atoms with Crippen LogP contribution in [0.25, 0.3) is 0 Å². The standard InChI is InChI=1S/2Ce.3H2O3Se/c;;3*1-4(2)3/h;;3*(H2,1,2,3)/q2*+3;;;/p-6. The molecule has 0 saturated heterocycles. The van der Waals surface area contributed by atoms with E-state index in [9.17, 15) is 0 Å². The van der Waals surface area contributed by atoms with E-state index in [1.807, 2.05) is 0 Å². The van der Waals surface area contributed by atoms with Gasteiger partial charge in [0.15, 0.2) is 0 Å². The van der Waals surface area contributed by atoms with E-state index in [-0.39, 0.29) is 83.5 Å². The first-order valence-electron chi connectivity index (χ1n) is 1.50. The Morgan fingerprint density at radius 2 is 0.500 bits per heavy atom. The van der Waals surface area contributed by atoms with Gasteiger partial charge in [-0.1, -0.05) is 0 Å². The van der Waals surface area contributed by atoms with Gasteiger partial charge in [-0.2, -0.15) is 0 Å². The Morgan fingerprint density at radius 1 is 0.500 bits per heavy atom. The molecule has 9 nitrogen and oxygen atoms in total. The first-order chi connectivity index (χ1) is 5.20. The van der Waals surface area contributed by atoms with Gasteiger partial charge in [0.1, 0.15) is 0 Å². The van der Waals surface area contributed by atoms with E-state index < -0.39 is 43.5 Å². The van der Waals surface area contributed by atoms with Crippen molar-refractivity contribution in [2.75, 3.05) is 0 Å². The molecule has 80 valence electrons. The predicted octanol–water partition coefficient (Wildman–Crippen LogP) is -8.63. The van der Waals surface area contributed by atoms with Crippen molar-refractivity contribution >= 4 is 43.5 Å². The Balaban J connectivity index is -0.0000000270. The van der Waals surface area contributed by atoms with Crippen LogP contribution in [0.4, 0.5) is 0 Å². The van der Waals surface area contributed by atoms with Crippen molar-refractivity contribution in [1.29, 1.82) is 0 Å². The third-order valence-corrected chi connectivity index (χ3v) is 0. The van der Waals surface area contributed by atoms with Crippen LogP contribution >= 0.6 is 0 Å². The summed E-state index contributed by atoms with van der Waals surface area (Å²) in [6.45, 7) is 0. The maximum absolute atomic E-state index is 8.54. The van der Waals surface area contributed by atoms with Crippen LogP contribution in [0, 0.1) is 83.5 Å². The van der Waals surface area contributed by atoms with Crippen LogP contribution in [0.2, 0.25) is 0 Å². The van der Waals surface area contributed by atoms with Crippen molar-refractivity contribution in [2.24, 2.45) is 0 Å². The van der Waals surface area contributed by atoms with E-state index in [1.54, 1.807) is 0 Å². The summed E-state index contributed by atoms with van der Waals surface area (Å²) in [5, 5.41) is 0. The van der Waals surface area contributed by atoms with E-state index in [1.165, 1.54) is 0 Å². The predicted molar refractivity (Wildman–Crippen MR) is 19.3 cm³/mol. The van der Waals surface area contributed by atoms with Gasteiger partial charge in [0.25, 0.3) is 0 Å². The minimum Gasteiger partial charge on any atom is 3.00 e. The van der Waals surface area contributed by atoms with Gasteiger partial charge in [-0.15, -0.1) is 0 Å². The van der Waals surface area contributed by atoms with Crippen molar-refractivity contribution in [3.63, 3.8) is 0 Å². The third kappa shape index (κ3) is 269. The van der Waals surface area contributed by atoms with Crippen LogP contribution in [-0.2, 0) is 11.5 Å². The summed E-state index contributed by atoms with van der Waals surface area (Å²) in [5.74, 6) is 0. The quantitative estimate of drug-likeness (QED) is 0.227. The number of rotatable bonds is 0. The molecule has 0 bridgehead atoms. The second kappa shape index (κ2) is 25.3. The van der Waals surface area contributed by atoms with Crippen molar-refractivity contribution in [3.8, 4) is 0 Å². The molecule has 0 aromatic rings. The Morgan fingerprint density at radius 3 is 0.500 bits per heavy atom. The molecule has 0 aliphatic carbocycles. The average molecular weight is 661 g/mol. The Kier molecular flexibility index (Phi) is 55.2. The molecule has 0 aliphatic heterocycles. The van der Waals surface area contributed by atoms with Gasteiger partial charge >= 0.3 is 164 Å². The van der Waals surface area contributed by atoms with Crippen LogP contribution in [0.15, 0.2) is 0 Å². The van der Waals surface area contributed by atoms with Crippen molar-refractivity contribution in [2.45, 2.75) is 0 Å². The Hall–Kier alpha value is 3.47. The van der Waals surface area contributed by atoms with Gasteiger partial charge in [0.2, 0.25) is 0 Å². The van der Waals surface area contributed by atoms with Crippen molar-refractivity contribution in [1.82, 2.24) is 0 Å². The summed E-state index contributed by atoms with van der Waals surface area (Å²) in [5.41, 5.74) is 0.